The Balaban J connectivity index is 1.47. The predicted octanol–water partition coefficient (Wildman–Crippen LogP) is 3.27. The van der Waals surface area contributed by atoms with Gasteiger partial charge in [-0.25, -0.2) is 14.2 Å². The van der Waals surface area contributed by atoms with Crippen LogP contribution in [0.5, 0.6) is 0 Å². The van der Waals surface area contributed by atoms with Crippen molar-refractivity contribution >= 4 is 46.3 Å². The molecule has 0 unspecified atom stereocenters. The smallest absolute Gasteiger partial charge is 0.338 e. The molecule has 0 bridgehead atoms. The van der Waals surface area contributed by atoms with E-state index < -0.39 is 17.8 Å². The van der Waals surface area contributed by atoms with Crippen molar-refractivity contribution in [1.29, 1.82) is 0 Å². The summed E-state index contributed by atoms with van der Waals surface area (Å²) in [6.45, 7) is 2.20. The van der Waals surface area contributed by atoms with Crippen LogP contribution in [-0.4, -0.2) is 82.4 Å². The third kappa shape index (κ3) is 6.12. The second kappa shape index (κ2) is 12.0. The first kappa shape index (κ1) is 27.6. The average molecular weight is 593 g/mol. The number of methoxy groups -OCH3 is 1. The number of aliphatic imine (C=N–C) groups is 1. The number of ether oxygens (including phenoxy) is 2. The summed E-state index contributed by atoms with van der Waals surface area (Å²) in [6.07, 6.45) is 2.90. The van der Waals surface area contributed by atoms with Crippen LogP contribution < -0.4 is 4.87 Å². The highest BCUT2D eigenvalue weighted by Crippen LogP contribution is 2.39. The van der Waals surface area contributed by atoms with E-state index in [1.54, 1.807) is 12.3 Å². The van der Waals surface area contributed by atoms with E-state index in [1.807, 2.05) is 17.3 Å². The van der Waals surface area contributed by atoms with Gasteiger partial charge in [-0.05, 0) is 18.6 Å². The van der Waals surface area contributed by atoms with E-state index in [1.165, 1.54) is 30.6 Å². The molecule has 1 fully saturated rings. The molecule has 2 aromatic heterocycles. The van der Waals surface area contributed by atoms with Gasteiger partial charge in [0.1, 0.15) is 17.7 Å². The van der Waals surface area contributed by atoms with Crippen LogP contribution in [0.2, 0.25) is 5.02 Å². The number of hydrogen-bond donors (Lipinski definition) is 1. The van der Waals surface area contributed by atoms with Crippen molar-refractivity contribution in [3.63, 3.8) is 0 Å². The van der Waals surface area contributed by atoms with E-state index in [4.69, 9.17) is 26.1 Å². The number of nitrogens with zero attached hydrogens (tertiary/aromatic N) is 5. The van der Waals surface area contributed by atoms with E-state index in [0.29, 0.717) is 72.6 Å². The Bertz CT molecular complexity index is 1460. The van der Waals surface area contributed by atoms with Crippen LogP contribution in [0.4, 0.5) is 4.39 Å². The fraction of sp³-hybridized carbons (Fsp3) is 0.400. The molecule has 1 N–H and O–H groups in total. The number of carbonyl (C=O) groups is 1. The fourth-order valence-corrected chi connectivity index (χ4v) is 6.16. The van der Waals surface area contributed by atoms with Gasteiger partial charge in [0.15, 0.2) is 10.8 Å². The lowest BCUT2D eigenvalue weighted by atomic mass is 9.94. The zero-order chi connectivity index (χ0) is 27.5. The molecule has 2 aliphatic heterocycles. The van der Waals surface area contributed by atoms with E-state index in [-0.39, 0.29) is 16.0 Å². The summed E-state index contributed by atoms with van der Waals surface area (Å²) in [6, 6.07) is 3.25. The van der Waals surface area contributed by atoms with Crippen LogP contribution >= 0.6 is 34.5 Å². The van der Waals surface area contributed by atoms with Crippen molar-refractivity contribution in [3.05, 3.63) is 77.9 Å². The summed E-state index contributed by atoms with van der Waals surface area (Å²) < 4.78 is 29.2. The molecule has 3 aromatic rings. The number of likely N-dealkylation sites (N-methyl/N-ethyl adjacent to an activating group) is 1. The molecular weight excluding hydrogens is 567 g/mol. The largest absolute Gasteiger partial charge is 0.466 e. The number of carbonyl (C=O) groups excluding carboxylic acids is 1. The first-order valence-electron chi connectivity index (χ1n) is 12.2. The number of amidine groups is 1. The standard InChI is InChI=1S/C25H26ClFN6O4S2/c1-32-18(13-33-8-9-37-15(12-33)4-6-19-29-25(35)39-31-19)20(24(34)36-2)21(16-5-3-14(27)11-17(16)26)30-22(32)23-28-7-10-38-23/h3,5,7,10-11,15,21H,4,6,8-9,12-13H2,1-2H3,(H,29,31,35)/t15-,21+/m1/s1. The number of hydrogen-bond acceptors (Lipinski definition) is 11. The Morgan fingerprint density at radius 3 is 2.92 bits per heavy atom. The lowest BCUT2D eigenvalue weighted by Crippen LogP contribution is -2.47. The molecule has 1 saturated heterocycles. The van der Waals surface area contributed by atoms with Crippen LogP contribution in [-0.2, 0) is 20.7 Å². The zero-order valence-electron chi connectivity index (χ0n) is 21.2. The predicted molar refractivity (Wildman–Crippen MR) is 147 cm³/mol. The lowest BCUT2D eigenvalue weighted by Gasteiger charge is -2.38. The topological polar surface area (TPSA) is 113 Å². The van der Waals surface area contributed by atoms with Gasteiger partial charge in [-0.15, -0.1) is 11.3 Å². The molecule has 2 aliphatic rings. The molecule has 206 valence electrons. The highest BCUT2D eigenvalue weighted by Gasteiger charge is 2.37. The van der Waals surface area contributed by atoms with Crippen LogP contribution in [0.15, 0.2) is 50.8 Å². The summed E-state index contributed by atoms with van der Waals surface area (Å²) in [7, 11) is 3.17. The van der Waals surface area contributed by atoms with E-state index >= 15 is 0 Å². The molecule has 1 aromatic carbocycles. The second-order valence-electron chi connectivity index (χ2n) is 9.08. The number of morpholine rings is 1. The Kier molecular flexibility index (Phi) is 8.52. The van der Waals surface area contributed by atoms with Crippen LogP contribution in [0.1, 0.15) is 28.9 Å². The van der Waals surface area contributed by atoms with Crippen molar-refractivity contribution in [2.75, 3.05) is 40.4 Å². The van der Waals surface area contributed by atoms with Gasteiger partial charge in [-0.2, -0.15) is 4.37 Å². The van der Waals surface area contributed by atoms with Gasteiger partial charge < -0.3 is 14.4 Å². The number of rotatable bonds is 8. The first-order chi connectivity index (χ1) is 18.8. The second-order valence-corrected chi connectivity index (χ2v) is 11.1. The fourth-order valence-electron chi connectivity index (χ4n) is 4.73. The highest BCUT2D eigenvalue weighted by atomic mass is 35.5. The highest BCUT2D eigenvalue weighted by molar-refractivity contribution is 7.11. The molecule has 0 saturated carbocycles. The number of nitrogens with one attached hydrogen (secondary N) is 1. The Morgan fingerprint density at radius 2 is 2.23 bits per heavy atom. The normalized spacial score (nSPS) is 20.3. The maximum absolute atomic E-state index is 13.9. The third-order valence-electron chi connectivity index (χ3n) is 6.63. The minimum Gasteiger partial charge on any atom is -0.466 e. The number of benzene rings is 1. The monoisotopic (exact) mass is 592 g/mol. The summed E-state index contributed by atoms with van der Waals surface area (Å²) in [5.41, 5.74) is 1.52. The molecule has 0 amide bonds. The number of aromatic amines is 1. The Hall–Kier alpha value is -2.97. The summed E-state index contributed by atoms with van der Waals surface area (Å²) in [5, 5.41) is 2.70. The minimum absolute atomic E-state index is 0.0746. The Labute approximate surface area is 236 Å². The number of esters is 1. The van der Waals surface area contributed by atoms with Crippen molar-refractivity contribution in [3.8, 4) is 0 Å². The summed E-state index contributed by atoms with van der Waals surface area (Å²) in [4.78, 5) is 40.6. The van der Waals surface area contributed by atoms with Gasteiger partial charge in [-0.3, -0.25) is 19.7 Å². The van der Waals surface area contributed by atoms with Crippen LogP contribution in [0, 0.1) is 5.82 Å². The number of aromatic nitrogens is 3. The van der Waals surface area contributed by atoms with Crippen molar-refractivity contribution < 1.29 is 18.7 Å². The first-order valence-corrected chi connectivity index (χ1v) is 14.2. The zero-order valence-corrected chi connectivity index (χ0v) is 23.6. The van der Waals surface area contributed by atoms with Crippen LogP contribution in [0.3, 0.4) is 0 Å². The van der Waals surface area contributed by atoms with Gasteiger partial charge in [0.2, 0.25) is 0 Å². The SMILES string of the molecule is COC(=O)C1=C(CN2CCO[C@H](CCc3nsc(=O)[nH]3)C2)N(C)C(c2nccs2)=N[C@H]1c1ccc(F)cc1Cl. The van der Waals surface area contributed by atoms with Gasteiger partial charge >= 0.3 is 10.8 Å². The molecule has 5 rings (SSSR count). The molecule has 14 heteroatoms. The number of thiazole rings is 1. The maximum Gasteiger partial charge on any atom is 0.338 e. The molecule has 0 aliphatic carbocycles. The molecule has 39 heavy (non-hydrogen) atoms. The Morgan fingerprint density at radius 1 is 1.38 bits per heavy atom. The molecule has 0 radical (unpaired) electrons. The van der Waals surface area contributed by atoms with E-state index in [9.17, 15) is 14.0 Å². The minimum atomic E-state index is -0.811. The van der Waals surface area contributed by atoms with Gasteiger partial charge in [-0.1, -0.05) is 17.7 Å². The van der Waals surface area contributed by atoms with Crippen molar-refractivity contribution in [2.45, 2.75) is 25.0 Å². The quantitative estimate of drug-likeness (QED) is 0.397. The molecular formula is C25H26ClFN6O4S2. The van der Waals surface area contributed by atoms with E-state index in [0.717, 1.165) is 11.5 Å². The van der Waals surface area contributed by atoms with Gasteiger partial charge in [0, 0.05) is 72.5 Å². The molecule has 2 atom stereocenters. The summed E-state index contributed by atoms with van der Waals surface area (Å²) >= 11 is 8.80. The number of aryl methyl sites for hydroxylation is 1. The maximum atomic E-state index is 13.9. The van der Waals surface area contributed by atoms with Crippen LogP contribution in [0.25, 0.3) is 0 Å². The van der Waals surface area contributed by atoms with Gasteiger partial charge in [0.05, 0.1) is 25.4 Å². The van der Waals surface area contributed by atoms with Crippen molar-refractivity contribution in [2.24, 2.45) is 4.99 Å². The third-order valence-corrected chi connectivity index (χ3v) is 8.30. The summed E-state index contributed by atoms with van der Waals surface area (Å²) in [5.74, 6) is 0.208. The number of H-pyrrole nitrogens is 1. The van der Waals surface area contributed by atoms with Crippen molar-refractivity contribution in [1.82, 2.24) is 24.1 Å². The van der Waals surface area contributed by atoms with E-state index in [2.05, 4.69) is 19.2 Å². The molecule has 4 heterocycles. The number of halogens is 2. The van der Waals surface area contributed by atoms with Gasteiger partial charge in [0.25, 0.3) is 0 Å². The lowest BCUT2D eigenvalue weighted by molar-refractivity contribution is -0.136. The average Bonchev–Trinajstić information content (AvgIpc) is 3.60. The molecule has 0 spiro atoms. The molecule has 10 nitrogen and oxygen atoms in total.